The van der Waals surface area contributed by atoms with E-state index < -0.39 is 0 Å². The van der Waals surface area contributed by atoms with E-state index in [-0.39, 0.29) is 5.91 Å². The van der Waals surface area contributed by atoms with Crippen molar-refractivity contribution >= 4 is 28.8 Å². The molecule has 0 bridgehead atoms. The molecular weight excluding hydrogens is 328 g/mol. The standard InChI is InChI=1S/C18H21ClN2OS/c19-17-4-1-15(2-5-17)13-20-8-10-21(11-9-20)18(22)6-3-16-7-12-23-14-16/h1-2,4-5,7,12,14H,3,6,8-11,13H2. The van der Waals surface area contributed by atoms with Crippen LogP contribution in [0.1, 0.15) is 17.5 Å². The molecule has 1 saturated heterocycles. The molecule has 23 heavy (non-hydrogen) atoms. The van der Waals surface area contributed by atoms with Gasteiger partial charge in [0.15, 0.2) is 0 Å². The van der Waals surface area contributed by atoms with Crippen LogP contribution < -0.4 is 0 Å². The number of amides is 1. The number of nitrogens with zero attached hydrogens (tertiary/aromatic N) is 2. The van der Waals surface area contributed by atoms with E-state index in [0.717, 1.165) is 44.2 Å². The van der Waals surface area contributed by atoms with Crippen molar-refractivity contribution in [1.29, 1.82) is 0 Å². The van der Waals surface area contributed by atoms with Crippen molar-refractivity contribution in [3.63, 3.8) is 0 Å². The van der Waals surface area contributed by atoms with Crippen molar-refractivity contribution in [3.05, 3.63) is 57.2 Å². The molecule has 1 aliphatic heterocycles. The van der Waals surface area contributed by atoms with E-state index >= 15 is 0 Å². The maximum atomic E-state index is 12.3. The van der Waals surface area contributed by atoms with Gasteiger partial charge in [0.1, 0.15) is 0 Å². The van der Waals surface area contributed by atoms with Gasteiger partial charge in [-0.05, 0) is 46.5 Å². The van der Waals surface area contributed by atoms with Crippen molar-refractivity contribution in [2.24, 2.45) is 0 Å². The van der Waals surface area contributed by atoms with Crippen molar-refractivity contribution < 1.29 is 4.79 Å². The molecule has 1 amide bonds. The van der Waals surface area contributed by atoms with Gasteiger partial charge >= 0.3 is 0 Å². The van der Waals surface area contributed by atoms with E-state index in [1.807, 2.05) is 17.0 Å². The molecule has 1 aromatic carbocycles. The highest BCUT2D eigenvalue weighted by atomic mass is 35.5. The number of carbonyl (C=O) groups excluding carboxylic acids is 1. The molecule has 122 valence electrons. The van der Waals surface area contributed by atoms with Crippen LogP contribution in [-0.2, 0) is 17.8 Å². The molecule has 3 nitrogen and oxygen atoms in total. The molecule has 1 aliphatic rings. The van der Waals surface area contributed by atoms with Gasteiger partial charge in [-0.1, -0.05) is 23.7 Å². The fourth-order valence-corrected chi connectivity index (χ4v) is 3.68. The summed E-state index contributed by atoms with van der Waals surface area (Å²) in [7, 11) is 0. The van der Waals surface area contributed by atoms with Crippen LogP contribution in [0.15, 0.2) is 41.1 Å². The van der Waals surface area contributed by atoms with Crippen molar-refractivity contribution in [2.45, 2.75) is 19.4 Å². The van der Waals surface area contributed by atoms with Gasteiger partial charge in [-0.15, -0.1) is 0 Å². The fraction of sp³-hybridized carbons (Fsp3) is 0.389. The Bertz CT molecular complexity index is 619. The molecule has 0 unspecified atom stereocenters. The van der Waals surface area contributed by atoms with Gasteiger partial charge in [-0.2, -0.15) is 11.3 Å². The van der Waals surface area contributed by atoms with Crippen LogP contribution in [0.3, 0.4) is 0 Å². The normalized spacial score (nSPS) is 15.8. The molecule has 1 aromatic heterocycles. The lowest BCUT2D eigenvalue weighted by Gasteiger charge is -2.34. The van der Waals surface area contributed by atoms with Crippen LogP contribution in [0.5, 0.6) is 0 Å². The average Bonchev–Trinajstić information content (AvgIpc) is 3.09. The van der Waals surface area contributed by atoms with Crippen LogP contribution in [0.4, 0.5) is 0 Å². The molecule has 3 rings (SSSR count). The van der Waals surface area contributed by atoms with E-state index in [4.69, 9.17) is 11.6 Å². The summed E-state index contributed by atoms with van der Waals surface area (Å²) in [6.45, 7) is 4.46. The molecule has 0 spiro atoms. The summed E-state index contributed by atoms with van der Waals surface area (Å²) < 4.78 is 0. The predicted octanol–water partition coefficient (Wildman–Crippen LogP) is 3.68. The summed E-state index contributed by atoms with van der Waals surface area (Å²) in [5.74, 6) is 0.280. The summed E-state index contributed by atoms with van der Waals surface area (Å²) in [5, 5.41) is 4.96. The Labute approximate surface area is 146 Å². The Hall–Kier alpha value is -1.36. The largest absolute Gasteiger partial charge is 0.340 e. The first-order chi connectivity index (χ1) is 11.2. The molecule has 0 saturated carbocycles. The molecule has 5 heteroatoms. The van der Waals surface area contributed by atoms with Crippen LogP contribution in [0, 0.1) is 0 Å². The number of halogens is 1. The number of aryl methyl sites for hydroxylation is 1. The molecule has 0 radical (unpaired) electrons. The minimum Gasteiger partial charge on any atom is -0.340 e. The second-order valence-corrected chi connectivity index (χ2v) is 7.13. The highest BCUT2D eigenvalue weighted by Gasteiger charge is 2.20. The minimum absolute atomic E-state index is 0.280. The Morgan fingerprint density at radius 2 is 1.78 bits per heavy atom. The first kappa shape index (κ1) is 16.5. The lowest BCUT2D eigenvalue weighted by Crippen LogP contribution is -2.48. The maximum Gasteiger partial charge on any atom is 0.222 e. The van der Waals surface area contributed by atoms with E-state index in [9.17, 15) is 4.79 Å². The van der Waals surface area contributed by atoms with Crippen LogP contribution in [-0.4, -0.2) is 41.9 Å². The van der Waals surface area contributed by atoms with Gasteiger partial charge in [0.2, 0.25) is 5.91 Å². The first-order valence-electron chi connectivity index (χ1n) is 7.96. The number of hydrogen-bond donors (Lipinski definition) is 0. The van der Waals surface area contributed by atoms with Crippen LogP contribution >= 0.6 is 22.9 Å². The Morgan fingerprint density at radius 3 is 2.43 bits per heavy atom. The number of hydrogen-bond acceptors (Lipinski definition) is 3. The molecule has 1 fully saturated rings. The Kier molecular flexibility index (Phi) is 5.70. The van der Waals surface area contributed by atoms with Gasteiger partial charge in [0.05, 0.1) is 0 Å². The lowest BCUT2D eigenvalue weighted by molar-refractivity contribution is -0.133. The summed E-state index contributed by atoms with van der Waals surface area (Å²) in [5.41, 5.74) is 2.54. The lowest BCUT2D eigenvalue weighted by atomic mass is 10.1. The summed E-state index contributed by atoms with van der Waals surface area (Å²) in [4.78, 5) is 16.7. The smallest absolute Gasteiger partial charge is 0.222 e. The molecule has 0 aliphatic carbocycles. The zero-order valence-electron chi connectivity index (χ0n) is 13.1. The third-order valence-corrected chi connectivity index (χ3v) is 5.24. The van der Waals surface area contributed by atoms with Gasteiger partial charge in [-0.25, -0.2) is 0 Å². The topological polar surface area (TPSA) is 23.6 Å². The Balaban J connectivity index is 1.42. The zero-order valence-corrected chi connectivity index (χ0v) is 14.7. The molecule has 0 atom stereocenters. The van der Waals surface area contributed by atoms with Gasteiger partial charge < -0.3 is 4.90 Å². The Morgan fingerprint density at radius 1 is 1.04 bits per heavy atom. The second kappa shape index (κ2) is 7.95. The SMILES string of the molecule is O=C(CCc1ccsc1)N1CCN(Cc2ccc(Cl)cc2)CC1. The van der Waals surface area contributed by atoms with Crippen molar-refractivity contribution in [3.8, 4) is 0 Å². The first-order valence-corrected chi connectivity index (χ1v) is 9.28. The van der Waals surface area contributed by atoms with E-state index in [1.165, 1.54) is 11.1 Å². The maximum absolute atomic E-state index is 12.3. The van der Waals surface area contributed by atoms with Crippen molar-refractivity contribution in [1.82, 2.24) is 9.80 Å². The number of piperazine rings is 1. The summed E-state index contributed by atoms with van der Waals surface area (Å²) in [6, 6.07) is 10.1. The van der Waals surface area contributed by atoms with E-state index in [1.54, 1.807) is 11.3 Å². The summed E-state index contributed by atoms with van der Waals surface area (Å²) in [6.07, 6.45) is 1.47. The quantitative estimate of drug-likeness (QED) is 0.823. The van der Waals surface area contributed by atoms with Gasteiger partial charge in [0.25, 0.3) is 0 Å². The number of rotatable bonds is 5. The van der Waals surface area contributed by atoms with Gasteiger partial charge in [-0.3, -0.25) is 9.69 Å². The third-order valence-electron chi connectivity index (χ3n) is 4.25. The number of carbonyl (C=O) groups is 1. The van der Waals surface area contributed by atoms with Crippen molar-refractivity contribution in [2.75, 3.05) is 26.2 Å². The average molecular weight is 349 g/mol. The van der Waals surface area contributed by atoms with E-state index in [0.29, 0.717) is 6.42 Å². The molecule has 2 heterocycles. The van der Waals surface area contributed by atoms with E-state index in [2.05, 4.69) is 33.9 Å². The molecule has 0 N–H and O–H groups in total. The van der Waals surface area contributed by atoms with Crippen LogP contribution in [0.2, 0.25) is 5.02 Å². The summed E-state index contributed by atoms with van der Waals surface area (Å²) >= 11 is 7.61. The highest BCUT2D eigenvalue weighted by molar-refractivity contribution is 7.07. The molecular formula is C18H21ClN2OS. The zero-order chi connectivity index (χ0) is 16.1. The number of benzene rings is 1. The number of thiophene rings is 1. The monoisotopic (exact) mass is 348 g/mol. The second-order valence-electron chi connectivity index (χ2n) is 5.91. The fourth-order valence-electron chi connectivity index (χ4n) is 2.85. The molecule has 2 aromatic rings. The minimum atomic E-state index is 0.280. The predicted molar refractivity (Wildman–Crippen MR) is 95.9 cm³/mol. The van der Waals surface area contributed by atoms with Gasteiger partial charge in [0, 0.05) is 44.2 Å². The third kappa shape index (κ3) is 4.80. The van der Waals surface area contributed by atoms with Crippen LogP contribution in [0.25, 0.3) is 0 Å². The highest BCUT2D eigenvalue weighted by Crippen LogP contribution is 2.14.